The number of nitrogens with one attached hydrogen (secondary N) is 1. The second-order valence-electron chi connectivity index (χ2n) is 6.68. The average Bonchev–Trinajstić information content (AvgIpc) is 3.00. The van der Waals surface area contributed by atoms with Crippen molar-refractivity contribution in [3.05, 3.63) is 0 Å². The second-order valence-corrected chi connectivity index (χ2v) is 6.68. The lowest BCUT2D eigenvalue weighted by atomic mass is 9.90. The molecule has 2 heterocycles. The molecule has 112 valence electrons. The maximum Gasteiger partial charge on any atom is 0.240 e. The Kier molecular flexibility index (Phi) is 3.96. The molecule has 2 amide bonds. The van der Waals surface area contributed by atoms with Crippen LogP contribution in [0.15, 0.2) is 0 Å². The highest BCUT2D eigenvalue weighted by molar-refractivity contribution is 5.83. The van der Waals surface area contributed by atoms with E-state index in [1.807, 2.05) is 4.90 Å². The van der Waals surface area contributed by atoms with Gasteiger partial charge in [-0.2, -0.15) is 0 Å². The molecule has 1 saturated carbocycles. The molecule has 3 atom stereocenters. The number of hydrogen-bond acceptors (Lipinski definition) is 3. The van der Waals surface area contributed by atoms with Crippen LogP contribution in [-0.4, -0.2) is 42.4 Å². The van der Waals surface area contributed by atoms with Gasteiger partial charge < -0.3 is 16.0 Å². The van der Waals surface area contributed by atoms with Crippen molar-refractivity contribution < 1.29 is 9.59 Å². The molecule has 0 aromatic carbocycles. The summed E-state index contributed by atoms with van der Waals surface area (Å²) in [5, 5.41) is 3.43. The number of piperidine rings is 1. The molecule has 1 aliphatic carbocycles. The lowest BCUT2D eigenvalue weighted by Gasteiger charge is -2.34. The highest BCUT2D eigenvalue weighted by Gasteiger charge is 2.44. The van der Waals surface area contributed by atoms with Crippen LogP contribution in [0.3, 0.4) is 0 Å². The lowest BCUT2D eigenvalue weighted by molar-refractivity contribution is -0.135. The zero-order valence-corrected chi connectivity index (χ0v) is 12.0. The van der Waals surface area contributed by atoms with Crippen LogP contribution in [0.1, 0.15) is 38.5 Å². The highest BCUT2D eigenvalue weighted by Crippen LogP contribution is 2.38. The minimum absolute atomic E-state index is 0.0511. The molecule has 5 nitrogen and oxygen atoms in total. The van der Waals surface area contributed by atoms with E-state index in [0.717, 1.165) is 38.4 Å². The second kappa shape index (κ2) is 5.72. The molecule has 3 fully saturated rings. The number of primary amides is 1. The molecule has 20 heavy (non-hydrogen) atoms. The Hall–Kier alpha value is -1.10. The number of likely N-dealkylation sites (tertiary alicyclic amines) is 1. The van der Waals surface area contributed by atoms with Gasteiger partial charge >= 0.3 is 0 Å². The summed E-state index contributed by atoms with van der Waals surface area (Å²) in [5.41, 5.74) is 5.25. The summed E-state index contributed by atoms with van der Waals surface area (Å²) in [6.45, 7) is 2.58. The monoisotopic (exact) mass is 279 g/mol. The topological polar surface area (TPSA) is 75.4 Å². The Labute approximate surface area is 120 Å². The normalized spacial score (nSPS) is 34.2. The van der Waals surface area contributed by atoms with Gasteiger partial charge in [-0.15, -0.1) is 0 Å². The molecule has 0 bridgehead atoms. The van der Waals surface area contributed by atoms with Crippen molar-refractivity contribution in [3.8, 4) is 0 Å². The van der Waals surface area contributed by atoms with Crippen molar-refractivity contribution in [2.24, 2.45) is 23.5 Å². The maximum atomic E-state index is 12.6. The first kappa shape index (κ1) is 13.9. The third kappa shape index (κ3) is 2.68. The van der Waals surface area contributed by atoms with Crippen molar-refractivity contribution in [1.29, 1.82) is 0 Å². The molecule has 0 radical (unpaired) electrons. The van der Waals surface area contributed by atoms with Gasteiger partial charge in [-0.05, 0) is 50.0 Å². The fourth-order valence-electron chi connectivity index (χ4n) is 4.30. The molecule has 3 aliphatic rings. The molecule has 3 unspecified atom stereocenters. The molecule has 0 spiro atoms. The van der Waals surface area contributed by atoms with Crippen LogP contribution in [0.5, 0.6) is 0 Å². The van der Waals surface area contributed by atoms with Crippen molar-refractivity contribution in [2.75, 3.05) is 19.6 Å². The summed E-state index contributed by atoms with van der Waals surface area (Å²) in [6, 6.07) is 0.0511. The van der Waals surface area contributed by atoms with Crippen LogP contribution in [0.2, 0.25) is 0 Å². The van der Waals surface area contributed by atoms with E-state index in [4.69, 9.17) is 5.73 Å². The van der Waals surface area contributed by atoms with E-state index in [1.54, 1.807) is 0 Å². The van der Waals surface area contributed by atoms with E-state index in [1.165, 1.54) is 19.3 Å². The predicted octanol–water partition coefficient (Wildman–Crippen LogP) is 0.488. The molecule has 2 aliphatic heterocycles. The van der Waals surface area contributed by atoms with Gasteiger partial charge in [-0.25, -0.2) is 0 Å². The van der Waals surface area contributed by atoms with E-state index < -0.39 is 0 Å². The maximum absolute atomic E-state index is 12.6. The van der Waals surface area contributed by atoms with Crippen molar-refractivity contribution in [1.82, 2.24) is 10.2 Å². The van der Waals surface area contributed by atoms with E-state index >= 15 is 0 Å². The summed E-state index contributed by atoms with van der Waals surface area (Å²) in [4.78, 5) is 25.6. The smallest absolute Gasteiger partial charge is 0.240 e. The third-order valence-electron chi connectivity index (χ3n) is 5.43. The molecule has 0 aromatic rings. The van der Waals surface area contributed by atoms with Crippen LogP contribution in [0.25, 0.3) is 0 Å². The SMILES string of the molecule is NC(=O)CC1CCN(C(=O)C2NCC3CCCC32)CC1. The molecular weight excluding hydrogens is 254 g/mol. The number of hydrogen-bond donors (Lipinski definition) is 2. The van der Waals surface area contributed by atoms with Crippen LogP contribution in [-0.2, 0) is 9.59 Å². The molecule has 0 aromatic heterocycles. The third-order valence-corrected chi connectivity index (χ3v) is 5.43. The first-order valence-electron chi connectivity index (χ1n) is 7.95. The number of fused-ring (bicyclic) bond motifs is 1. The number of carbonyl (C=O) groups excluding carboxylic acids is 2. The van der Waals surface area contributed by atoms with E-state index in [-0.39, 0.29) is 17.9 Å². The predicted molar refractivity (Wildman–Crippen MR) is 75.7 cm³/mol. The summed E-state index contributed by atoms with van der Waals surface area (Å²) < 4.78 is 0. The van der Waals surface area contributed by atoms with Crippen LogP contribution < -0.4 is 11.1 Å². The van der Waals surface area contributed by atoms with Crippen molar-refractivity contribution >= 4 is 11.8 Å². The minimum atomic E-state index is -0.221. The summed E-state index contributed by atoms with van der Waals surface area (Å²) >= 11 is 0. The van der Waals surface area contributed by atoms with Gasteiger partial charge in [-0.1, -0.05) is 6.42 Å². The van der Waals surface area contributed by atoms with Crippen LogP contribution in [0, 0.1) is 17.8 Å². The molecule has 2 saturated heterocycles. The van der Waals surface area contributed by atoms with Gasteiger partial charge in [0, 0.05) is 19.5 Å². The summed E-state index contributed by atoms with van der Waals surface area (Å²) in [7, 11) is 0. The first-order valence-corrected chi connectivity index (χ1v) is 7.95. The van der Waals surface area contributed by atoms with Crippen LogP contribution in [0.4, 0.5) is 0 Å². The molecule has 3 rings (SSSR count). The number of nitrogens with zero attached hydrogens (tertiary/aromatic N) is 1. The quantitative estimate of drug-likeness (QED) is 0.789. The van der Waals surface area contributed by atoms with Gasteiger partial charge in [-0.3, -0.25) is 9.59 Å². The number of nitrogens with two attached hydrogens (primary N) is 1. The Morgan fingerprint density at radius 2 is 1.90 bits per heavy atom. The van der Waals surface area contributed by atoms with E-state index in [0.29, 0.717) is 18.3 Å². The number of carbonyl (C=O) groups is 2. The summed E-state index contributed by atoms with van der Waals surface area (Å²) in [6.07, 6.45) is 6.05. The standard InChI is InChI=1S/C15H25N3O2/c16-13(19)8-10-4-6-18(7-5-10)15(20)14-12-3-1-2-11(12)9-17-14/h10-12,14,17H,1-9H2,(H2,16,19). The average molecular weight is 279 g/mol. The van der Waals surface area contributed by atoms with Gasteiger partial charge in [0.1, 0.15) is 0 Å². The van der Waals surface area contributed by atoms with Gasteiger partial charge in [0.2, 0.25) is 11.8 Å². The number of rotatable bonds is 3. The zero-order valence-electron chi connectivity index (χ0n) is 12.0. The highest BCUT2D eigenvalue weighted by atomic mass is 16.2. The zero-order chi connectivity index (χ0) is 14.1. The summed E-state index contributed by atoms with van der Waals surface area (Å²) in [5.74, 6) is 1.72. The Morgan fingerprint density at radius 3 is 2.60 bits per heavy atom. The number of amides is 2. The Morgan fingerprint density at radius 1 is 1.15 bits per heavy atom. The minimum Gasteiger partial charge on any atom is -0.370 e. The van der Waals surface area contributed by atoms with Crippen LogP contribution >= 0.6 is 0 Å². The molecule has 3 N–H and O–H groups in total. The molecular formula is C15H25N3O2. The Balaban J connectivity index is 1.53. The fraction of sp³-hybridized carbons (Fsp3) is 0.867. The Bertz CT molecular complexity index is 391. The van der Waals surface area contributed by atoms with Gasteiger partial charge in [0.15, 0.2) is 0 Å². The first-order chi connectivity index (χ1) is 9.65. The van der Waals surface area contributed by atoms with Gasteiger partial charge in [0.25, 0.3) is 0 Å². The lowest BCUT2D eigenvalue weighted by Crippen LogP contribution is -2.49. The van der Waals surface area contributed by atoms with Crippen molar-refractivity contribution in [2.45, 2.75) is 44.6 Å². The largest absolute Gasteiger partial charge is 0.370 e. The van der Waals surface area contributed by atoms with Gasteiger partial charge in [0.05, 0.1) is 6.04 Å². The van der Waals surface area contributed by atoms with E-state index in [2.05, 4.69) is 5.32 Å². The fourth-order valence-corrected chi connectivity index (χ4v) is 4.30. The van der Waals surface area contributed by atoms with Crippen molar-refractivity contribution in [3.63, 3.8) is 0 Å². The van der Waals surface area contributed by atoms with E-state index in [9.17, 15) is 9.59 Å². The molecule has 5 heteroatoms.